The van der Waals surface area contributed by atoms with Crippen molar-refractivity contribution in [3.8, 4) is 5.75 Å². The fourth-order valence-corrected chi connectivity index (χ4v) is 3.88. The highest BCUT2D eigenvalue weighted by Crippen LogP contribution is 2.40. The standard InChI is InChI=1S/C22H18N6O4S/c23-28-27-22-19-9-2-1-8-18(19)21(33(29,30)31)12-20(22)26-25-16-6-3-7-17(11-16)32-14-15-5-4-10-24-13-15/h1-13H,14H2,(H2,23,27)(H,29,30,31)/b26-25+. The number of aromatic nitrogens is 1. The Morgan fingerprint density at radius 3 is 2.48 bits per heavy atom. The molecule has 0 saturated heterocycles. The monoisotopic (exact) mass is 462 g/mol. The quantitative estimate of drug-likeness (QED) is 0.162. The first kappa shape index (κ1) is 22.0. The van der Waals surface area contributed by atoms with Crippen molar-refractivity contribution >= 4 is 38.0 Å². The van der Waals surface area contributed by atoms with Crippen molar-refractivity contribution in [2.24, 2.45) is 26.4 Å². The third-order valence-corrected chi connectivity index (χ3v) is 5.51. The Balaban J connectivity index is 1.70. The van der Waals surface area contributed by atoms with Crippen LogP contribution in [-0.4, -0.2) is 18.0 Å². The molecule has 0 aliphatic rings. The molecule has 1 heterocycles. The van der Waals surface area contributed by atoms with E-state index >= 15 is 0 Å². The third kappa shape index (κ3) is 5.17. The Morgan fingerprint density at radius 1 is 0.939 bits per heavy atom. The van der Waals surface area contributed by atoms with E-state index in [1.165, 1.54) is 12.1 Å². The van der Waals surface area contributed by atoms with Gasteiger partial charge in [0.25, 0.3) is 10.1 Å². The minimum Gasteiger partial charge on any atom is -0.489 e. The molecule has 0 bridgehead atoms. The van der Waals surface area contributed by atoms with Crippen LogP contribution >= 0.6 is 0 Å². The van der Waals surface area contributed by atoms with Crippen LogP contribution in [-0.2, 0) is 16.7 Å². The molecule has 4 aromatic rings. The molecule has 3 N–H and O–H groups in total. The van der Waals surface area contributed by atoms with Crippen molar-refractivity contribution in [2.45, 2.75) is 11.5 Å². The number of fused-ring (bicyclic) bond motifs is 1. The van der Waals surface area contributed by atoms with E-state index in [0.717, 1.165) is 5.56 Å². The van der Waals surface area contributed by atoms with Crippen LogP contribution in [0.15, 0.2) is 105 Å². The van der Waals surface area contributed by atoms with Gasteiger partial charge in [-0.05, 0) is 24.3 Å². The molecule has 11 heteroatoms. The van der Waals surface area contributed by atoms with Crippen LogP contribution in [0.2, 0.25) is 0 Å². The van der Waals surface area contributed by atoms with Crippen molar-refractivity contribution in [1.29, 1.82) is 0 Å². The van der Waals surface area contributed by atoms with E-state index in [2.05, 4.69) is 25.5 Å². The van der Waals surface area contributed by atoms with Crippen LogP contribution < -0.4 is 10.6 Å². The Hall–Kier alpha value is -4.22. The van der Waals surface area contributed by atoms with Crippen LogP contribution in [0.5, 0.6) is 5.75 Å². The van der Waals surface area contributed by atoms with Gasteiger partial charge >= 0.3 is 0 Å². The summed E-state index contributed by atoms with van der Waals surface area (Å²) >= 11 is 0. The minimum absolute atomic E-state index is 0.0669. The number of nitrogens with zero attached hydrogens (tertiary/aromatic N) is 5. The Morgan fingerprint density at radius 2 is 1.76 bits per heavy atom. The molecule has 0 spiro atoms. The maximum Gasteiger partial charge on any atom is 0.295 e. The summed E-state index contributed by atoms with van der Waals surface area (Å²) < 4.78 is 39.4. The lowest BCUT2D eigenvalue weighted by atomic mass is 10.1. The summed E-state index contributed by atoms with van der Waals surface area (Å²) in [6.07, 6.45) is 3.40. The van der Waals surface area contributed by atoms with Crippen molar-refractivity contribution in [2.75, 3.05) is 0 Å². The van der Waals surface area contributed by atoms with Gasteiger partial charge < -0.3 is 10.6 Å². The molecule has 0 atom stereocenters. The van der Waals surface area contributed by atoms with E-state index in [1.807, 2.05) is 12.1 Å². The second-order valence-electron chi connectivity index (χ2n) is 6.83. The van der Waals surface area contributed by atoms with Gasteiger partial charge in [0.15, 0.2) is 0 Å². The molecule has 0 amide bonds. The molecule has 0 aliphatic carbocycles. The molecule has 3 aromatic carbocycles. The first-order valence-corrected chi connectivity index (χ1v) is 11.1. The van der Waals surface area contributed by atoms with E-state index in [-0.39, 0.29) is 21.7 Å². The number of ether oxygens (including phenoxy) is 1. The fourth-order valence-electron chi connectivity index (χ4n) is 3.16. The highest BCUT2D eigenvalue weighted by Gasteiger charge is 2.19. The van der Waals surface area contributed by atoms with Crippen LogP contribution in [0.3, 0.4) is 0 Å². The number of rotatable bonds is 7. The average Bonchev–Trinajstić information content (AvgIpc) is 2.82. The summed E-state index contributed by atoms with van der Waals surface area (Å²) in [5, 5.41) is 16.2. The molecule has 166 valence electrons. The van der Waals surface area contributed by atoms with Crippen molar-refractivity contribution in [1.82, 2.24) is 4.98 Å². The summed E-state index contributed by atoms with van der Waals surface area (Å²) in [4.78, 5) is 3.72. The fraction of sp³-hybridized carbons (Fsp3) is 0.0455. The summed E-state index contributed by atoms with van der Waals surface area (Å²) in [5.74, 6) is 5.81. The lowest BCUT2D eigenvalue weighted by Crippen LogP contribution is -1.99. The van der Waals surface area contributed by atoms with E-state index in [9.17, 15) is 13.0 Å². The second kappa shape index (κ2) is 9.51. The van der Waals surface area contributed by atoms with Gasteiger partial charge in [-0.1, -0.05) is 41.6 Å². The zero-order valence-corrected chi connectivity index (χ0v) is 17.9. The first-order valence-electron chi connectivity index (χ1n) is 9.63. The normalized spacial score (nSPS) is 12.0. The summed E-state index contributed by atoms with van der Waals surface area (Å²) in [5.41, 5.74) is 1.65. The second-order valence-corrected chi connectivity index (χ2v) is 8.22. The Kier molecular flexibility index (Phi) is 6.33. The van der Waals surface area contributed by atoms with Gasteiger partial charge in [-0.25, -0.2) is 0 Å². The van der Waals surface area contributed by atoms with Crippen LogP contribution in [0, 0.1) is 0 Å². The van der Waals surface area contributed by atoms with E-state index < -0.39 is 10.1 Å². The molecule has 0 saturated carbocycles. The molecular weight excluding hydrogens is 444 g/mol. The maximum absolute atomic E-state index is 12.0. The molecule has 0 unspecified atom stereocenters. The lowest BCUT2D eigenvalue weighted by Gasteiger charge is -2.09. The molecule has 33 heavy (non-hydrogen) atoms. The third-order valence-electron chi connectivity index (χ3n) is 4.61. The SMILES string of the molecule is NN=Nc1c(/N=N/c2cccc(OCc3cccnc3)c2)cc(S(=O)(=O)O)c2ccccc12. The van der Waals surface area contributed by atoms with E-state index in [4.69, 9.17) is 10.6 Å². The lowest BCUT2D eigenvalue weighted by molar-refractivity contribution is 0.306. The average molecular weight is 462 g/mol. The van der Waals surface area contributed by atoms with Gasteiger partial charge in [0.05, 0.1) is 5.69 Å². The summed E-state index contributed by atoms with van der Waals surface area (Å²) in [7, 11) is -4.54. The Labute approximate surface area is 189 Å². The molecule has 10 nitrogen and oxygen atoms in total. The van der Waals surface area contributed by atoms with Crippen LogP contribution in [0.1, 0.15) is 5.56 Å². The number of hydrogen-bond donors (Lipinski definition) is 2. The molecule has 0 aliphatic heterocycles. The minimum atomic E-state index is -4.54. The number of azo groups is 1. The number of nitrogens with two attached hydrogens (primary N) is 1. The number of pyridine rings is 1. The van der Waals surface area contributed by atoms with E-state index in [1.54, 1.807) is 54.9 Å². The van der Waals surface area contributed by atoms with Crippen molar-refractivity contribution in [3.05, 3.63) is 84.7 Å². The van der Waals surface area contributed by atoms with Gasteiger partial charge in [-0.2, -0.15) is 13.5 Å². The molecule has 0 fully saturated rings. The summed E-state index contributed by atoms with van der Waals surface area (Å²) in [6.45, 7) is 0.331. The zero-order chi connectivity index (χ0) is 23.3. The van der Waals surface area contributed by atoms with Crippen molar-refractivity contribution < 1.29 is 17.7 Å². The highest BCUT2D eigenvalue weighted by molar-refractivity contribution is 7.86. The molecule has 0 radical (unpaired) electrons. The first-order chi connectivity index (χ1) is 16.0. The smallest absolute Gasteiger partial charge is 0.295 e. The predicted octanol–water partition coefficient (Wildman–Crippen LogP) is 5.43. The molecule has 4 rings (SSSR count). The highest BCUT2D eigenvalue weighted by atomic mass is 32.2. The zero-order valence-electron chi connectivity index (χ0n) is 17.1. The van der Waals surface area contributed by atoms with E-state index in [0.29, 0.717) is 23.4 Å². The van der Waals surface area contributed by atoms with Gasteiger partial charge in [0.1, 0.15) is 28.6 Å². The molecule has 1 aromatic heterocycles. The Bertz CT molecular complexity index is 1460. The van der Waals surface area contributed by atoms with Gasteiger partial charge in [0, 0.05) is 34.8 Å². The van der Waals surface area contributed by atoms with Crippen LogP contribution in [0.25, 0.3) is 10.8 Å². The van der Waals surface area contributed by atoms with Gasteiger partial charge in [-0.15, -0.1) is 10.2 Å². The van der Waals surface area contributed by atoms with Crippen LogP contribution in [0.4, 0.5) is 17.1 Å². The van der Waals surface area contributed by atoms with Gasteiger partial charge in [0.2, 0.25) is 0 Å². The number of benzene rings is 3. The maximum atomic E-state index is 12.0. The topological polar surface area (TPSA) is 152 Å². The largest absolute Gasteiger partial charge is 0.489 e. The molecular formula is C22H18N6O4S. The predicted molar refractivity (Wildman–Crippen MR) is 122 cm³/mol. The summed E-state index contributed by atoms with van der Waals surface area (Å²) in [6, 6.07) is 18.3. The van der Waals surface area contributed by atoms with Crippen molar-refractivity contribution in [3.63, 3.8) is 0 Å². The van der Waals surface area contributed by atoms with Gasteiger partial charge in [-0.3, -0.25) is 9.54 Å². The number of hydrogen-bond acceptors (Lipinski definition) is 8.